The predicted octanol–water partition coefficient (Wildman–Crippen LogP) is 2.80. The summed E-state index contributed by atoms with van der Waals surface area (Å²) in [6, 6.07) is 3.79. The molecule has 0 radical (unpaired) electrons. The number of allylic oxidation sites excluding steroid dienone is 2. The van der Waals surface area contributed by atoms with E-state index in [9.17, 15) is 9.59 Å². The highest BCUT2D eigenvalue weighted by Crippen LogP contribution is 2.73. The molecule has 1 aromatic heterocycles. The molecule has 6 heteroatoms. The topological polar surface area (TPSA) is 66.1 Å². The Morgan fingerprint density at radius 2 is 1.67 bits per heavy atom. The van der Waals surface area contributed by atoms with Gasteiger partial charge in [-0.3, -0.25) is 9.59 Å². The van der Waals surface area contributed by atoms with E-state index in [1.807, 2.05) is 12.1 Å². The Labute approximate surface area is 157 Å². The standard InChI is InChI=1S/C21H23N3O3/c25-19-17-14-5-6-15(21(14)8-9-21)18(17)20(26)24(19)22-12-13-4-7-16(27-13)23-10-2-1-3-11-23/h4-7,12,14-15,17-18H,1-3,8-11H2/b22-12-/t14-,15-,17-,18-/m1/s1. The Kier molecular flexibility index (Phi) is 3.09. The molecule has 4 atom stereocenters. The van der Waals surface area contributed by atoms with Crippen LogP contribution in [0.1, 0.15) is 37.9 Å². The molecule has 2 amide bonds. The molecular weight excluding hydrogens is 342 g/mol. The van der Waals surface area contributed by atoms with E-state index in [1.54, 1.807) is 0 Å². The first kappa shape index (κ1) is 15.7. The maximum atomic E-state index is 12.9. The number of hydrogen-bond acceptors (Lipinski definition) is 5. The maximum absolute atomic E-state index is 12.9. The SMILES string of the molecule is O=C1[C@H]2[C@H](C(=O)N1/N=C\c1ccc(N3CCCCC3)o1)[C@H]1C=C[C@H]2C12CC2. The molecule has 2 saturated carbocycles. The first-order chi connectivity index (χ1) is 13.2. The Bertz CT molecular complexity index is 841. The van der Waals surface area contributed by atoms with Gasteiger partial charge in [0.1, 0.15) is 5.76 Å². The fourth-order valence-corrected chi connectivity index (χ4v) is 5.99. The summed E-state index contributed by atoms with van der Waals surface area (Å²) in [6.45, 7) is 2.02. The third-order valence-corrected chi connectivity index (χ3v) is 7.41. The molecule has 1 spiro atoms. The second-order valence-corrected chi connectivity index (χ2v) is 8.68. The number of nitrogens with zero attached hydrogens (tertiary/aromatic N) is 3. The van der Waals surface area contributed by atoms with Crippen LogP contribution in [0.2, 0.25) is 0 Å². The second-order valence-electron chi connectivity index (χ2n) is 8.68. The van der Waals surface area contributed by atoms with Crippen LogP contribution in [0, 0.1) is 29.1 Å². The van der Waals surface area contributed by atoms with Crippen molar-refractivity contribution in [2.75, 3.05) is 18.0 Å². The van der Waals surface area contributed by atoms with Crippen LogP contribution in [-0.2, 0) is 9.59 Å². The van der Waals surface area contributed by atoms with Crippen LogP contribution in [0.15, 0.2) is 33.8 Å². The summed E-state index contributed by atoms with van der Waals surface area (Å²) in [5, 5.41) is 5.33. The first-order valence-corrected chi connectivity index (χ1v) is 10.1. The van der Waals surface area contributed by atoms with Gasteiger partial charge in [0.2, 0.25) is 0 Å². The van der Waals surface area contributed by atoms with Crippen LogP contribution >= 0.6 is 0 Å². The van der Waals surface area contributed by atoms with E-state index in [4.69, 9.17) is 4.42 Å². The average molecular weight is 365 g/mol. The molecule has 27 heavy (non-hydrogen) atoms. The van der Waals surface area contributed by atoms with Gasteiger partial charge in [0.15, 0.2) is 5.88 Å². The second kappa shape index (κ2) is 5.33. The number of furan rings is 1. The van der Waals surface area contributed by atoms with Gasteiger partial charge in [-0.1, -0.05) is 12.2 Å². The monoisotopic (exact) mass is 365 g/mol. The van der Waals surface area contributed by atoms with E-state index in [-0.39, 0.29) is 40.9 Å². The van der Waals surface area contributed by atoms with E-state index in [0.29, 0.717) is 5.76 Å². The minimum Gasteiger partial charge on any atom is -0.440 e. The Balaban J connectivity index is 1.21. The number of hydrazone groups is 1. The molecular formula is C21H23N3O3. The van der Waals surface area contributed by atoms with Gasteiger partial charge < -0.3 is 9.32 Å². The zero-order chi connectivity index (χ0) is 18.2. The van der Waals surface area contributed by atoms with E-state index < -0.39 is 0 Å². The molecule has 5 aliphatic rings. The number of imide groups is 1. The van der Waals surface area contributed by atoms with Crippen LogP contribution in [-0.4, -0.2) is 36.1 Å². The number of piperidine rings is 1. The van der Waals surface area contributed by atoms with Crippen LogP contribution in [0.25, 0.3) is 0 Å². The lowest BCUT2D eigenvalue weighted by atomic mass is 9.85. The number of rotatable bonds is 3. The van der Waals surface area contributed by atoms with Crippen LogP contribution in [0.3, 0.4) is 0 Å². The van der Waals surface area contributed by atoms with Crippen molar-refractivity contribution in [1.29, 1.82) is 0 Å². The Morgan fingerprint density at radius 1 is 1.00 bits per heavy atom. The quantitative estimate of drug-likeness (QED) is 0.469. The normalized spacial score (nSPS) is 35.9. The summed E-state index contributed by atoms with van der Waals surface area (Å²) < 4.78 is 5.86. The van der Waals surface area contributed by atoms with Gasteiger partial charge in [0.25, 0.3) is 11.8 Å². The van der Waals surface area contributed by atoms with Crippen molar-refractivity contribution in [2.24, 2.45) is 34.2 Å². The number of carbonyl (C=O) groups excluding carboxylic acids is 2. The molecule has 3 heterocycles. The van der Waals surface area contributed by atoms with Crippen molar-refractivity contribution in [3.05, 3.63) is 30.0 Å². The molecule has 0 N–H and O–H groups in total. The van der Waals surface area contributed by atoms with Gasteiger partial charge in [-0.2, -0.15) is 10.1 Å². The molecule has 4 fully saturated rings. The minimum atomic E-state index is -0.201. The molecule has 2 saturated heterocycles. The lowest BCUT2D eigenvalue weighted by Crippen LogP contribution is -2.30. The number of fused-ring (bicyclic) bond motifs is 3. The van der Waals surface area contributed by atoms with Crippen molar-refractivity contribution in [1.82, 2.24) is 5.01 Å². The predicted molar refractivity (Wildman–Crippen MR) is 99.0 cm³/mol. The summed E-state index contributed by atoms with van der Waals surface area (Å²) in [5.74, 6) is 1.22. The minimum absolute atomic E-state index is 0.132. The highest BCUT2D eigenvalue weighted by Gasteiger charge is 2.73. The van der Waals surface area contributed by atoms with Gasteiger partial charge in [-0.05, 0) is 55.4 Å². The van der Waals surface area contributed by atoms with E-state index in [1.165, 1.54) is 25.5 Å². The van der Waals surface area contributed by atoms with Gasteiger partial charge >= 0.3 is 0 Å². The summed E-state index contributed by atoms with van der Waals surface area (Å²) in [7, 11) is 0. The smallest absolute Gasteiger partial charge is 0.254 e. The average Bonchev–Trinajstić information content (AvgIpc) is 2.98. The summed E-state index contributed by atoms with van der Waals surface area (Å²) in [4.78, 5) is 28.0. The summed E-state index contributed by atoms with van der Waals surface area (Å²) >= 11 is 0. The lowest BCUT2D eigenvalue weighted by molar-refractivity contribution is -0.141. The van der Waals surface area contributed by atoms with Gasteiger partial charge in [0.05, 0.1) is 18.1 Å². The Hall–Kier alpha value is -2.37. The molecule has 2 bridgehead atoms. The zero-order valence-electron chi connectivity index (χ0n) is 15.2. The number of carbonyl (C=O) groups is 2. The molecule has 0 aromatic carbocycles. The third kappa shape index (κ3) is 2.04. The van der Waals surface area contributed by atoms with Crippen molar-refractivity contribution in [2.45, 2.75) is 32.1 Å². The number of hydrogen-bond donors (Lipinski definition) is 0. The van der Waals surface area contributed by atoms with Crippen LogP contribution < -0.4 is 4.90 Å². The zero-order valence-corrected chi connectivity index (χ0v) is 15.2. The van der Waals surface area contributed by atoms with Crippen molar-refractivity contribution in [3.63, 3.8) is 0 Å². The highest BCUT2D eigenvalue weighted by atomic mass is 16.4. The third-order valence-electron chi connectivity index (χ3n) is 7.41. The fraction of sp³-hybridized carbons (Fsp3) is 0.571. The van der Waals surface area contributed by atoms with Gasteiger partial charge in [-0.25, -0.2) is 0 Å². The summed E-state index contributed by atoms with van der Waals surface area (Å²) in [5.41, 5.74) is 0.223. The molecule has 2 aliphatic heterocycles. The van der Waals surface area contributed by atoms with Crippen molar-refractivity contribution < 1.29 is 14.0 Å². The molecule has 6 rings (SSSR count). The molecule has 1 aromatic rings. The molecule has 140 valence electrons. The lowest BCUT2D eigenvalue weighted by Gasteiger charge is -2.25. The largest absolute Gasteiger partial charge is 0.440 e. The van der Waals surface area contributed by atoms with Crippen LogP contribution in [0.4, 0.5) is 5.88 Å². The number of anilines is 1. The molecule has 6 nitrogen and oxygen atoms in total. The van der Waals surface area contributed by atoms with Crippen molar-refractivity contribution in [3.8, 4) is 0 Å². The summed E-state index contributed by atoms with van der Waals surface area (Å²) in [6.07, 6.45) is 11.8. The molecule has 3 aliphatic carbocycles. The maximum Gasteiger partial charge on any atom is 0.254 e. The van der Waals surface area contributed by atoms with Crippen LogP contribution in [0.5, 0.6) is 0 Å². The first-order valence-electron chi connectivity index (χ1n) is 10.1. The van der Waals surface area contributed by atoms with E-state index in [2.05, 4.69) is 22.2 Å². The fourth-order valence-electron chi connectivity index (χ4n) is 5.99. The number of amides is 2. The highest BCUT2D eigenvalue weighted by molar-refractivity contribution is 6.07. The Morgan fingerprint density at radius 3 is 2.30 bits per heavy atom. The van der Waals surface area contributed by atoms with Gasteiger partial charge in [0, 0.05) is 19.2 Å². The molecule has 0 unspecified atom stereocenters. The van der Waals surface area contributed by atoms with Crippen molar-refractivity contribution >= 4 is 23.9 Å². The van der Waals surface area contributed by atoms with E-state index in [0.717, 1.165) is 36.8 Å². The van der Waals surface area contributed by atoms with Gasteiger partial charge in [-0.15, -0.1) is 0 Å². The van der Waals surface area contributed by atoms with E-state index >= 15 is 0 Å².